The van der Waals surface area contributed by atoms with Crippen LogP contribution in [0.1, 0.15) is 24.8 Å². The van der Waals surface area contributed by atoms with Crippen molar-refractivity contribution in [3.63, 3.8) is 0 Å². The zero-order valence-electron chi connectivity index (χ0n) is 9.30. The number of benzene rings is 1. The molecule has 0 bridgehead atoms. The van der Waals surface area contributed by atoms with Gasteiger partial charge in [-0.25, -0.2) is 0 Å². The van der Waals surface area contributed by atoms with E-state index < -0.39 is 0 Å². The zero-order valence-corrected chi connectivity index (χ0v) is 10.9. The van der Waals surface area contributed by atoms with Crippen LogP contribution >= 0.6 is 15.9 Å². The van der Waals surface area contributed by atoms with E-state index in [4.69, 9.17) is 0 Å². The molecule has 1 heterocycles. The smallest absolute Gasteiger partial charge is 0.0385 e. The summed E-state index contributed by atoms with van der Waals surface area (Å²) >= 11 is 3.51. The second kappa shape index (κ2) is 4.38. The van der Waals surface area contributed by atoms with Crippen molar-refractivity contribution < 1.29 is 0 Å². The maximum atomic E-state index is 3.74. The number of fused-ring (bicyclic) bond motifs is 1. The third kappa shape index (κ3) is 2.11. The van der Waals surface area contributed by atoms with Crippen molar-refractivity contribution in [3.8, 4) is 0 Å². The van der Waals surface area contributed by atoms with Crippen molar-refractivity contribution in [1.82, 2.24) is 5.32 Å². The summed E-state index contributed by atoms with van der Waals surface area (Å²) in [5.74, 6) is 0. The van der Waals surface area contributed by atoms with Gasteiger partial charge in [0.25, 0.3) is 0 Å². The number of hydrogen-bond acceptors (Lipinski definition) is 2. The Bertz CT molecular complexity index is 388. The van der Waals surface area contributed by atoms with Gasteiger partial charge >= 0.3 is 0 Å². The van der Waals surface area contributed by atoms with Gasteiger partial charge in [-0.15, -0.1) is 0 Å². The van der Waals surface area contributed by atoms with E-state index in [1.54, 1.807) is 0 Å². The van der Waals surface area contributed by atoms with Crippen LogP contribution in [0.3, 0.4) is 0 Å². The van der Waals surface area contributed by atoms with E-state index in [-0.39, 0.29) is 0 Å². The second-order valence-electron chi connectivity index (χ2n) is 4.88. The summed E-state index contributed by atoms with van der Waals surface area (Å²) in [4.78, 5) is 0. The predicted molar refractivity (Wildman–Crippen MR) is 70.9 cm³/mol. The summed E-state index contributed by atoms with van der Waals surface area (Å²) in [5.41, 5.74) is 2.73. The standard InChI is InChI=1S/C13H17BrN2/c14-10-5-4-9-6-12(8-15-13(9)7-10)16-11-2-1-3-11/h4-5,7,11-12,15-16H,1-3,6,8H2. The highest BCUT2D eigenvalue weighted by Crippen LogP contribution is 2.27. The van der Waals surface area contributed by atoms with Crippen LogP contribution in [0.2, 0.25) is 0 Å². The summed E-state index contributed by atoms with van der Waals surface area (Å²) in [6, 6.07) is 7.92. The maximum absolute atomic E-state index is 3.74. The Morgan fingerprint density at radius 1 is 1.25 bits per heavy atom. The molecule has 2 N–H and O–H groups in total. The Balaban J connectivity index is 1.68. The molecule has 3 heteroatoms. The van der Waals surface area contributed by atoms with E-state index in [2.05, 4.69) is 44.8 Å². The van der Waals surface area contributed by atoms with Crippen LogP contribution in [0, 0.1) is 0 Å². The Labute approximate surface area is 105 Å². The summed E-state index contributed by atoms with van der Waals surface area (Å²) in [6.45, 7) is 1.06. The second-order valence-corrected chi connectivity index (χ2v) is 5.79. The summed E-state index contributed by atoms with van der Waals surface area (Å²) in [6.07, 6.45) is 5.29. The average molecular weight is 281 g/mol. The quantitative estimate of drug-likeness (QED) is 0.871. The highest BCUT2D eigenvalue weighted by Gasteiger charge is 2.24. The molecule has 0 amide bonds. The van der Waals surface area contributed by atoms with Crippen LogP contribution in [0.4, 0.5) is 5.69 Å². The third-order valence-electron chi connectivity index (χ3n) is 3.65. The van der Waals surface area contributed by atoms with Crippen LogP contribution in [0.25, 0.3) is 0 Å². The first-order valence-electron chi connectivity index (χ1n) is 6.09. The SMILES string of the molecule is Brc1ccc2c(c1)NCC(NC1CCC1)C2. The van der Waals surface area contributed by atoms with Crippen molar-refractivity contribution in [2.75, 3.05) is 11.9 Å². The molecule has 2 aliphatic rings. The van der Waals surface area contributed by atoms with Gasteiger partial charge in [0.05, 0.1) is 0 Å². The van der Waals surface area contributed by atoms with E-state index in [9.17, 15) is 0 Å². The maximum Gasteiger partial charge on any atom is 0.0385 e. The third-order valence-corrected chi connectivity index (χ3v) is 4.15. The minimum absolute atomic E-state index is 0.610. The molecular formula is C13H17BrN2. The Kier molecular flexibility index (Phi) is 2.90. The lowest BCUT2D eigenvalue weighted by molar-refractivity contribution is 0.304. The number of anilines is 1. The van der Waals surface area contributed by atoms with Gasteiger partial charge in [-0.2, -0.15) is 0 Å². The van der Waals surface area contributed by atoms with Crippen LogP contribution in [-0.2, 0) is 6.42 Å². The monoisotopic (exact) mass is 280 g/mol. The fourth-order valence-electron chi connectivity index (χ4n) is 2.49. The van der Waals surface area contributed by atoms with Gasteiger partial charge in [-0.05, 0) is 37.0 Å². The molecule has 0 saturated heterocycles. The summed E-state index contributed by atoms with van der Waals surface area (Å²) < 4.78 is 1.16. The van der Waals surface area contributed by atoms with Gasteiger partial charge in [0.15, 0.2) is 0 Å². The van der Waals surface area contributed by atoms with Crippen molar-refractivity contribution in [1.29, 1.82) is 0 Å². The van der Waals surface area contributed by atoms with Gasteiger partial charge in [-0.1, -0.05) is 28.4 Å². The lowest BCUT2D eigenvalue weighted by Crippen LogP contribution is -2.48. The fourth-order valence-corrected chi connectivity index (χ4v) is 2.85. The van der Waals surface area contributed by atoms with Gasteiger partial charge in [0, 0.05) is 28.8 Å². The molecule has 16 heavy (non-hydrogen) atoms. The molecule has 0 spiro atoms. The van der Waals surface area contributed by atoms with E-state index in [1.165, 1.54) is 30.5 Å². The zero-order chi connectivity index (χ0) is 11.0. The Hall–Kier alpha value is -0.540. The van der Waals surface area contributed by atoms with Gasteiger partial charge in [0.1, 0.15) is 0 Å². The number of nitrogens with one attached hydrogen (secondary N) is 2. The van der Waals surface area contributed by atoms with Gasteiger partial charge < -0.3 is 10.6 Å². The number of halogens is 1. The average Bonchev–Trinajstić information content (AvgIpc) is 2.23. The molecule has 3 rings (SSSR count). The lowest BCUT2D eigenvalue weighted by Gasteiger charge is -2.34. The largest absolute Gasteiger partial charge is 0.383 e. The fraction of sp³-hybridized carbons (Fsp3) is 0.538. The minimum Gasteiger partial charge on any atom is -0.383 e. The molecule has 1 fully saturated rings. The molecular weight excluding hydrogens is 264 g/mol. The van der Waals surface area contributed by atoms with E-state index in [0.717, 1.165) is 23.5 Å². The summed E-state index contributed by atoms with van der Waals surface area (Å²) in [7, 11) is 0. The highest BCUT2D eigenvalue weighted by molar-refractivity contribution is 9.10. The van der Waals surface area contributed by atoms with Crippen LogP contribution in [0.5, 0.6) is 0 Å². The molecule has 1 aliphatic carbocycles. The van der Waals surface area contributed by atoms with E-state index in [1.807, 2.05) is 0 Å². The van der Waals surface area contributed by atoms with Crippen LogP contribution in [0.15, 0.2) is 22.7 Å². The van der Waals surface area contributed by atoms with Gasteiger partial charge in [-0.3, -0.25) is 0 Å². The molecule has 1 unspecified atom stereocenters. The molecule has 2 nitrogen and oxygen atoms in total. The summed E-state index contributed by atoms with van der Waals surface area (Å²) in [5, 5.41) is 7.25. The molecule has 1 atom stereocenters. The molecule has 1 aliphatic heterocycles. The van der Waals surface area contributed by atoms with Gasteiger partial charge in [0.2, 0.25) is 0 Å². The van der Waals surface area contributed by atoms with Crippen molar-refractivity contribution in [3.05, 3.63) is 28.2 Å². The first kappa shape index (κ1) is 10.6. The molecule has 0 aromatic heterocycles. The van der Waals surface area contributed by atoms with Crippen LogP contribution in [-0.4, -0.2) is 18.6 Å². The molecule has 0 radical (unpaired) electrons. The first-order chi connectivity index (χ1) is 7.81. The predicted octanol–water partition coefficient (Wildman–Crippen LogP) is 2.93. The molecule has 1 aromatic carbocycles. The Morgan fingerprint density at radius 3 is 2.88 bits per heavy atom. The van der Waals surface area contributed by atoms with E-state index >= 15 is 0 Å². The number of rotatable bonds is 2. The normalized spacial score (nSPS) is 24.4. The highest BCUT2D eigenvalue weighted by atomic mass is 79.9. The first-order valence-corrected chi connectivity index (χ1v) is 6.89. The molecule has 86 valence electrons. The molecule has 1 saturated carbocycles. The van der Waals surface area contributed by atoms with Crippen molar-refractivity contribution in [2.24, 2.45) is 0 Å². The van der Waals surface area contributed by atoms with Crippen molar-refractivity contribution in [2.45, 2.75) is 37.8 Å². The Morgan fingerprint density at radius 2 is 2.12 bits per heavy atom. The lowest BCUT2D eigenvalue weighted by atomic mass is 9.90. The molecule has 1 aromatic rings. The van der Waals surface area contributed by atoms with E-state index in [0.29, 0.717) is 6.04 Å². The number of hydrogen-bond donors (Lipinski definition) is 2. The topological polar surface area (TPSA) is 24.1 Å². The van der Waals surface area contributed by atoms with Crippen LogP contribution < -0.4 is 10.6 Å². The minimum atomic E-state index is 0.610. The van der Waals surface area contributed by atoms with Crippen molar-refractivity contribution >= 4 is 21.6 Å².